The largest absolute Gasteiger partial charge is 0.381 e. The van der Waals surface area contributed by atoms with Crippen LogP contribution in [0.15, 0.2) is 35.2 Å². The monoisotopic (exact) mass is 359 g/mol. The molecule has 1 aliphatic rings. The zero-order chi connectivity index (χ0) is 17.6. The van der Waals surface area contributed by atoms with Gasteiger partial charge in [-0.2, -0.15) is 11.3 Å². The number of carbonyl (C=O) groups is 1. The van der Waals surface area contributed by atoms with E-state index < -0.39 is 0 Å². The summed E-state index contributed by atoms with van der Waals surface area (Å²) >= 11 is 1.58. The summed E-state index contributed by atoms with van der Waals surface area (Å²) in [4.78, 5) is 20.7. The lowest BCUT2D eigenvalue weighted by atomic mass is 10.1. The van der Waals surface area contributed by atoms with Gasteiger partial charge >= 0.3 is 6.03 Å². The van der Waals surface area contributed by atoms with E-state index in [0.717, 1.165) is 49.5 Å². The Balaban J connectivity index is 1.51. The molecule has 2 aromatic rings. The van der Waals surface area contributed by atoms with Crippen LogP contribution in [0.2, 0.25) is 0 Å². The van der Waals surface area contributed by atoms with Crippen molar-refractivity contribution in [1.29, 1.82) is 0 Å². The highest BCUT2D eigenvalue weighted by Gasteiger charge is 2.20. The van der Waals surface area contributed by atoms with Gasteiger partial charge < -0.3 is 20.4 Å². The Labute approximate surface area is 152 Å². The van der Waals surface area contributed by atoms with Crippen LogP contribution in [0, 0.1) is 0 Å². The third-order valence-corrected chi connectivity index (χ3v) is 5.05. The molecule has 0 aliphatic carbocycles. The van der Waals surface area contributed by atoms with E-state index in [1.807, 2.05) is 53.0 Å². The van der Waals surface area contributed by atoms with E-state index in [1.165, 1.54) is 0 Å². The molecule has 134 valence electrons. The number of urea groups is 1. The van der Waals surface area contributed by atoms with Crippen LogP contribution in [0.5, 0.6) is 0 Å². The van der Waals surface area contributed by atoms with Gasteiger partial charge in [0.1, 0.15) is 5.82 Å². The van der Waals surface area contributed by atoms with E-state index in [2.05, 4.69) is 21.7 Å². The quantitative estimate of drug-likeness (QED) is 0.874. The van der Waals surface area contributed by atoms with E-state index in [1.54, 1.807) is 11.3 Å². The van der Waals surface area contributed by atoms with Gasteiger partial charge in [0.25, 0.3) is 0 Å². The molecule has 2 N–H and O–H groups in total. The van der Waals surface area contributed by atoms with Crippen molar-refractivity contribution < 1.29 is 4.79 Å². The van der Waals surface area contributed by atoms with Crippen LogP contribution in [-0.4, -0.2) is 49.1 Å². The highest BCUT2D eigenvalue weighted by molar-refractivity contribution is 7.08. The summed E-state index contributed by atoms with van der Waals surface area (Å²) in [6.45, 7) is 1.56. The molecule has 3 rings (SSSR count). The van der Waals surface area contributed by atoms with E-state index in [9.17, 15) is 4.79 Å². The van der Waals surface area contributed by atoms with Crippen molar-refractivity contribution in [2.75, 3.05) is 42.7 Å². The SMILES string of the molecule is CN(C)c1ccc(N[C@@H]2CCCN(C(=O)Nc3ccsc3)CC2)cn1. The number of hydrogen-bond acceptors (Lipinski definition) is 5. The summed E-state index contributed by atoms with van der Waals surface area (Å²) in [6.07, 6.45) is 4.86. The molecule has 0 saturated carbocycles. The maximum Gasteiger partial charge on any atom is 0.321 e. The van der Waals surface area contributed by atoms with Crippen LogP contribution in [0.25, 0.3) is 0 Å². The zero-order valence-corrected chi connectivity index (χ0v) is 15.6. The third-order valence-electron chi connectivity index (χ3n) is 4.36. The lowest BCUT2D eigenvalue weighted by Gasteiger charge is -2.21. The molecule has 0 unspecified atom stereocenters. The van der Waals surface area contributed by atoms with E-state index in [4.69, 9.17) is 0 Å². The van der Waals surface area contributed by atoms with Crippen LogP contribution >= 0.6 is 11.3 Å². The van der Waals surface area contributed by atoms with Crippen molar-refractivity contribution in [3.63, 3.8) is 0 Å². The molecule has 0 aromatic carbocycles. The first-order chi connectivity index (χ1) is 12.1. The van der Waals surface area contributed by atoms with Crippen molar-refractivity contribution in [2.24, 2.45) is 0 Å². The second-order valence-corrected chi connectivity index (χ2v) is 7.28. The number of aromatic nitrogens is 1. The summed E-state index contributed by atoms with van der Waals surface area (Å²) in [7, 11) is 3.97. The molecule has 2 aromatic heterocycles. The fourth-order valence-corrected chi connectivity index (χ4v) is 3.54. The molecule has 1 aliphatic heterocycles. The number of anilines is 3. The van der Waals surface area contributed by atoms with E-state index in [-0.39, 0.29) is 6.03 Å². The van der Waals surface area contributed by atoms with Gasteiger partial charge in [-0.1, -0.05) is 0 Å². The Bertz CT molecular complexity index is 671. The van der Waals surface area contributed by atoms with Crippen molar-refractivity contribution in [3.8, 4) is 0 Å². The first-order valence-corrected chi connectivity index (χ1v) is 9.54. The average Bonchev–Trinajstić information content (AvgIpc) is 2.99. The van der Waals surface area contributed by atoms with Gasteiger partial charge in [-0.05, 0) is 42.8 Å². The van der Waals surface area contributed by atoms with Crippen molar-refractivity contribution in [3.05, 3.63) is 35.2 Å². The van der Waals surface area contributed by atoms with Crippen molar-refractivity contribution in [2.45, 2.75) is 25.3 Å². The van der Waals surface area contributed by atoms with Gasteiger partial charge in [0.05, 0.1) is 17.6 Å². The summed E-state index contributed by atoms with van der Waals surface area (Å²) in [6, 6.07) is 6.37. The maximum atomic E-state index is 12.4. The molecule has 3 heterocycles. The normalized spacial score (nSPS) is 17.7. The number of likely N-dealkylation sites (tertiary alicyclic amines) is 1. The zero-order valence-electron chi connectivity index (χ0n) is 14.7. The molecule has 7 heteroatoms. The molecule has 0 bridgehead atoms. The highest BCUT2D eigenvalue weighted by atomic mass is 32.1. The van der Waals surface area contributed by atoms with E-state index in [0.29, 0.717) is 6.04 Å². The van der Waals surface area contributed by atoms with Gasteiger partial charge in [0.15, 0.2) is 0 Å². The number of amides is 2. The van der Waals surface area contributed by atoms with E-state index >= 15 is 0 Å². The van der Waals surface area contributed by atoms with Gasteiger partial charge in [-0.15, -0.1) is 0 Å². The van der Waals surface area contributed by atoms with Gasteiger partial charge in [-0.3, -0.25) is 0 Å². The minimum Gasteiger partial charge on any atom is -0.381 e. The number of rotatable bonds is 4. The van der Waals surface area contributed by atoms with Crippen molar-refractivity contribution >= 4 is 34.6 Å². The summed E-state index contributed by atoms with van der Waals surface area (Å²) in [5.74, 6) is 0.947. The second-order valence-electron chi connectivity index (χ2n) is 6.50. The molecular weight excluding hydrogens is 334 g/mol. The summed E-state index contributed by atoms with van der Waals surface area (Å²) in [5.41, 5.74) is 1.91. The number of thiophene rings is 1. The van der Waals surface area contributed by atoms with Crippen LogP contribution in [0.3, 0.4) is 0 Å². The minimum absolute atomic E-state index is 0.00366. The predicted octanol–water partition coefficient (Wildman–Crippen LogP) is 3.71. The lowest BCUT2D eigenvalue weighted by Crippen LogP contribution is -2.36. The van der Waals surface area contributed by atoms with Crippen LogP contribution in [0.4, 0.5) is 22.0 Å². The summed E-state index contributed by atoms with van der Waals surface area (Å²) < 4.78 is 0. The molecule has 25 heavy (non-hydrogen) atoms. The Morgan fingerprint density at radius 3 is 2.80 bits per heavy atom. The van der Waals surface area contributed by atoms with Crippen LogP contribution in [0.1, 0.15) is 19.3 Å². The summed E-state index contributed by atoms with van der Waals surface area (Å²) in [5, 5.41) is 10.4. The standard InChI is InChI=1S/C18H25N5OS/c1-22(2)17-6-5-15(12-19-17)20-14-4-3-9-23(10-7-14)18(24)21-16-8-11-25-13-16/h5-6,8,11-14,20H,3-4,7,9-10H2,1-2H3,(H,21,24)/t14-/m1/s1. The number of pyridine rings is 1. The minimum atomic E-state index is -0.00366. The first kappa shape index (κ1) is 17.5. The molecule has 0 radical (unpaired) electrons. The predicted molar refractivity (Wildman–Crippen MR) is 105 cm³/mol. The average molecular weight is 359 g/mol. The number of nitrogens with zero attached hydrogens (tertiary/aromatic N) is 3. The third kappa shape index (κ3) is 4.85. The van der Waals surface area contributed by atoms with Crippen molar-refractivity contribution in [1.82, 2.24) is 9.88 Å². The maximum absolute atomic E-state index is 12.4. The molecular formula is C18H25N5OS. The Kier molecular flexibility index (Phi) is 5.75. The van der Waals surface area contributed by atoms with Crippen LogP contribution < -0.4 is 15.5 Å². The number of carbonyl (C=O) groups excluding carboxylic acids is 1. The second kappa shape index (κ2) is 8.20. The van der Waals surface area contributed by atoms with Gasteiger partial charge in [0.2, 0.25) is 0 Å². The lowest BCUT2D eigenvalue weighted by molar-refractivity contribution is 0.213. The molecule has 0 spiro atoms. The molecule has 2 amide bonds. The fraction of sp³-hybridized carbons (Fsp3) is 0.444. The fourth-order valence-electron chi connectivity index (χ4n) is 2.95. The Hall–Kier alpha value is -2.28. The number of hydrogen-bond donors (Lipinski definition) is 2. The Morgan fingerprint density at radius 2 is 2.12 bits per heavy atom. The highest BCUT2D eigenvalue weighted by Crippen LogP contribution is 2.19. The molecule has 1 fully saturated rings. The first-order valence-electron chi connectivity index (χ1n) is 8.60. The molecule has 1 atom stereocenters. The number of nitrogens with one attached hydrogen (secondary N) is 2. The topological polar surface area (TPSA) is 60.5 Å². The Morgan fingerprint density at radius 1 is 1.24 bits per heavy atom. The van der Waals surface area contributed by atoms with Gasteiger partial charge in [0, 0.05) is 38.6 Å². The smallest absolute Gasteiger partial charge is 0.321 e. The van der Waals surface area contributed by atoms with Crippen LogP contribution in [-0.2, 0) is 0 Å². The molecule has 6 nitrogen and oxygen atoms in total. The van der Waals surface area contributed by atoms with Gasteiger partial charge in [-0.25, -0.2) is 9.78 Å². The molecule has 1 saturated heterocycles.